The summed E-state index contributed by atoms with van der Waals surface area (Å²) in [5.41, 5.74) is -1.12. The first-order valence-corrected chi connectivity index (χ1v) is 23.0. The number of amides is 2. The second kappa shape index (κ2) is 23.9. The molecule has 23 nitrogen and oxygen atoms in total. The van der Waals surface area contributed by atoms with Crippen molar-refractivity contribution in [3.05, 3.63) is 82.0 Å². The van der Waals surface area contributed by atoms with E-state index in [4.69, 9.17) is 62.1 Å². The van der Waals surface area contributed by atoms with Gasteiger partial charge in [0.05, 0.1) is 60.0 Å². The molecule has 1 atom stereocenters. The summed E-state index contributed by atoms with van der Waals surface area (Å²) in [6, 6.07) is 8.81. The molecule has 0 fully saturated rings. The van der Waals surface area contributed by atoms with E-state index < -0.39 is 92.0 Å². The van der Waals surface area contributed by atoms with E-state index in [0.29, 0.717) is 6.07 Å². The minimum Gasteiger partial charge on any atom is -0.481 e. The Morgan fingerprint density at radius 2 is 1.52 bits per heavy atom. The topological polar surface area (TPSA) is 346 Å². The molecule has 2 heterocycles. The number of methoxy groups -OCH3 is 2. The van der Waals surface area contributed by atoms with Gasteiger partial charge in [0, 0.05) is 6.20 Å². The number of nitrogens with zero attached hydrogens (tertiary/aromatic N) is 3. The summed E-state index contributed by atoms with van der Waals surface area (Å²) >= 11 is 11.7. The zero-order chi connectivity index (χ0) is 49.5. The molecule has 0 aliphatic rings. The van der Waals surface area contributed by atoms with Gasteiger partial charge in [-0.2, -0.15) is 31.6 Å². The quantitative estimate of drug-likeness (QED) is 0.0603. The number of sulfonamides is 1. The van der Waals surface area contributed by atoms with E-state index in [1.165, 1.54) is 45.4 Å². The second-order valence-electron chi connectivity index (χ2n) is 12.0. The zero-order valence-corrected chi connectivity index (χ0v) is 37.6. The monoisotopic (exact) mass is 1020 g/mol. The summed E-state index contributed by atoms with van der Waals surface area (Å²) in [6.45, 7) is 2.08. The van der Waals surface area contributed by atoms with Crippen LogP contribution in [0.5, 0.6) is 23.3 Å². The molecule has 0 spiro atoms. The largest absolute Gasteiger partial charge is 0.481 e. The van der Waals surface area contributed by atoms with Gasteiger partial charge < -0.3 is 38.9 Å². The number of hydrogen-bond acceptors (Lipinski definition) is 17. The Morgan fingerprint density at radius 1 is 0.908 bits per heavy atom. The first kappa shape index (κ1) is 55.3. The predicted molar refractivity (Wildman–Crippen MR) is 219 cm³/mol. The number of aromatic nitrogens is 3. The fraction of sp³-hybridized carbons (Fsp3) is 0.265. The molecule has 0 aliphatic carbocycles. The van der Waals surface area contributed by atoms with Gasteiger partial charge >= 0.3 is 37.7 Å². The smallest absolute Gasteiger partial charge is 0.416 e. The maximum Gasteiger partial charge on any atom is 0.416 e. The number of ether oxygens (including phenoxy) is 4. The van der Waals surface area contributed by atoms with Crippen LogP contribution in [-0.2, 0) is 44.9 Å². The number of carboxylic acids is 2. The van der Waals surface area contributed by atoms with Gasteiger partial charge in [0.2, 0.25) is 17.7 Å². The summed E-state index contributed by atoms with van der Waals surface area (Å²) in [5.74, 6) is -4.05. The summed E-state index contributed by atoms with van der Waals surface area (Å²) in [7, 11) is -9.94. The molecule has 0 aliphatic heterocycles. The predicted octanol–water partition coefficient (Wildman–Crippen LogP) is 4.42. The molecule has 4 aromatic rings. The molecule has 0 saturated heterocycles. The van der Waals surface area contributed by atoms with Crippen molar-refractivity contribution in [3.63, 3.8) is 0 Å². The normalized spacial score (nSPS) is 11.9. The Hall–Kier alpha value is -5.87. The molecule has 2 aromatic heterocycles. The van der Waals surface area contributed by atoms with Crippen molar-refractivity contribution < 1.29 is 92.7 Å². The molecule has 0 saturated carbocycles. The van der Waals surface area contributed by atoms with Crippen LogP contribution in [-0.4, -0.2) is 115 Å². The Morgan fingerprint density at radius 3 is 2.03 bits per heavy atom. The molecule has 4 rings (SSSR count). The van der Waals surface area contributed by atoms with Crippen LogP contribution in [0, 0.1) is 0 Å². The lowest BCUT2D eigenvalue weighted by Gasteiger charge is -2.13. The highest BCUT2D eigenvalue weighted by atomic mass is 35.5. The van der Waals surface area contributed by atoms with E-state index in [0.717, 1.165) is 37.4 Å². The lowest BCUT2D eigenvalue weighted by molar-refractivity contribution is -0.146. The van der Waals surface area contributed by atoms with E-state index in [1.54, 1.807) is 4.72 Å². The third kappa shape index (κ3) is 18.3. The number of hydrogen-bond donors (Lipinski definition) is 7. The number of carbonyl (C=O) groups is 4. The van der Waals surface area contributed by atoms with Crippen LogP contribution in [0.25, 0.3) is 0 Å². The van der Waals surface area contributed by atoms with Gasteiger partial charge in [-0.25, -0.2) is 32.5 Å². The highest BCUT2D eigenvalue weighted by Crippen LogP contribution is 2.37. The number of carboxylic acid groups (broad SMARTS) is 2. The number of halogens is 5. The van der Waals surface area contributed by atoms with Gasteiger partial charge in [0.15, 0.2) is 21.0 Å². The molecular formula is C34H36Cl2F3N6O17PS2. The van der Waals surface area contributed by atoms with Crippen LogP contribution < -0.4 is 29.6 Å². The maximum absolute atomic E-state index is 12.7. The van der Waals surface area contributed by atoms with E-state index in [-0.39, 0.29) is 50.6 Å². The molecule has 65 heavy (non-hydrogen) atoms. The van der Waals surface area contributed by atoms with Crippen LogP contribution in [0.1, 0.15) is 29.8 Å². The summed E-state index contributed by atoms with van der Waals surface area (Å²) < 4.78 is 119. The fourth-order valence-corrected chi connectivity index (χ4v) is 7.50. The van der Waals surface area contributed by atoms with E-state index in [2.05, 4.69) is 25.6 Å². The SMILES string of the molecule is CCS(=O)(=O)c1cccnc1S(=O)(=O)NC(=O)Nc1nc(OC)cc(OC)n1.C[C@H](OC(=O)c1cc(Oc2ccc(C(F)(F)F)cc2Cl)ccc1Cl)C(=O)O.O=C(O)CNCP(=O)(O)O. The highest BCUT2D eigenvalue weighted by Gasteiger charge is 2.32. The van der Waals surface area contributed by atoms with Crippen LogP contribution in [0.2, 0.25) is 10.0 Å². The number of rotatable bonds is 16. The van der Waals surface area contributed by atoms with Gasteiger partial charge in [-0.05, 0) is 55.5 Å². The van der Waals surface area contributed by atoms with Crippen LogP contribution in [0.4, 0.5) is 23.9 Å². The van der Waals surface area contributed by atoms with Gasteiger partial charge in [-0.3, -0.25) is 20.0 Å². The first-order chi connectivity index (χ1) is 30.0. The highest BCUT2D eigenvalue weighted by molar-refractivity contribution is 7.93. The number of urea groups is 1. The number of anilines is 1. The summed E-state index contributed by atoms with van der Waals surface area (Å²) in [5, 5.41) is 19.8. The maximum atomic E-state index is 12.7. The number of sulfone groups is 1. The van der Waals surface area contributed by atoms with Crippen molar-refractivity contribution >= 4 is 80.5 Å². The molecule has 31 heteroatoms. The molecule has 2 aromatic carbocycles. The summed E-state index contributed by atoms with van der Waals surface area (Å²) in [6.07, 6.45) is -5.46. The minimum absolute atomic E-state index is 0.0246. The van der Waals surface area contributed by atoms with Crippen LogP contribution in [0.15, 0.2) is 70.7 Å². The van der Waals surface area contributed by atoms with Gasteiger partial charge in [-0.1, -0.05) is 30.1 Å². The lowest BCUT2D eigenvalue weighted by Crippen LogP contribution is -2.36. The average molecular weight is 1020 g/mol. The lowest BCUT2D eigenvalue weighted by atomic mass is 10.2. The molecule has 2 amide bonds. The van der Waals surface area contributed by atoms with E-state index in [1.807, 2.05) is 0 Å². The van der Waals surface area contributed by atoms with Gasteiger partial charge in [-0.15, -0.1) is 0 Å². The number of carbonyl (C=O) groups excluding carboxylic acids is 2. The third-order valence-electron chi connectivity index (χ3n) is 7.13. The Kier molecular flexibility index (Phi) is 20.3. The van der Waals surface area contributed by atoms with Crippen molar-refractivity contribution in [2.24, 2.45) is 0 Å². The average Bonchev–Trinajstić information content (AvgIpc) is 3.21. The van der Waals surface area contributed by atoms with Crippen molar-refractivity contribution in [1.82, 2.24) is 25.0 Å². The standard InChI is InChI=1S/C17H11Cl2F3O5.C14H17N5O7S2.C3H8NO5P/c1-8(15(23)24)26-16(25)11-7-10(3-4-12(11)18)27-14-5-2-9(6-13(14)19)17(20,21)22;1-4-27(21,22)9-6-5-7-15-12(9)28(23,24)19-14(20)18-13-16-10(25-2)8-11(17-13)26-3;5-3(6)1-4-2-10(7,8)9/h2-8H,1H3,(H,23,24);5-8H,4H2,1-3H3,(H2,16,17,18,19,20);4H,1-2H2,(H,5,6)(H2,7,8,9)/t8-;;/m0../s1. The molecule has 356 valence electrons. The minimum atomic E-state index is -4.61. The zero-order valence-electron chi connectivity index (χ0n) is 33.6. The number of pyridine rings is 1. The van der Waals surface area contributed by atoms with Crippen molar-refractivity contribution in [2.45, 2.75) is 36.0 Å². The molecule has 0 unspecified atom stereocenters. The van der Waals surface area contributed by atoms with Crippen molar-refractivity contribution in [1.29, 1.82) is 0 Å². The van der Waals surface area contributed by atoms with Gasteiger partial charge in [0.25, 0.3) is 10.0 Å². The Bertz CT molecular complexity index is 2620. The number of benzene rings is 2. The molecular weight excluding hydrogens is 987 g/mol. The Labute approximate surface area is 376 Å². The first-order valence-electron chi connectivity index (χ1n) is 17.3. The summed E-state index contributed by atoms with van der Waals surface area (Å²) in [4.78, 5) is 71.8. The van der Waals surface area contributed by atoms with Crippen molar-refractivity contribution in [3.8, 4) is 23.3 Å². The molecule has 0 radical (unpaired) electrons. The number of nitrogens with one attached hydrogen (secondary N) is 3. The third-order valence-corrected chi connectivity index (χ3v) is 11.6. The van der Waals surface area contributed by atoms with E-state index in [9.17, 15) is 53.8 Å². The number of aliphatic carboxylic acids is 2. The number of esters is 1. The van der Waals surface area contributed by atoms with Crippen LogP contribution >= 0.6 is 30.8 Å². The van der Waals surface area contributed by atoms with E-state index >= 15 is 0 Å². The van der Waals surface area contributed by atoms with Crippen LogP contribution in [0.3, 0.4) is 0 Å². The molecule has 7 N–H and O–H groups in total. The fourth-order valence-electron chi connectivity index (χ4n) is 4.13. The molecule has 0 bridgehead atoms. The second-order valence-corrected chi connectivity index (χ2v) is 18.3. The Balaban J connectivity index is 0.000000371. The van der Waals surface area contributed by atoms with Gasteiger partial charge in [0.1, 0.15) is 16.4 Å². The number of alkyl halides is 3. The van der Waals surface area contributed by atoms with Crippen molar-refractivity contribution in [2.75, 3.05) is 38.1 Å².